The topological polar surface area (TPSA) is 38.7 Å². The molecule has 0 aromatic rings. The summed E-state index contributed by atoms with van der Waals surface area (Å²) in [5, 5.41) is 10.6. The molecule has 3 heteroatoms. The SMILES string of the molecule is COC1(C(O)CC2CCOCC2)CCCC(C)C1. The van der Waals surface area contributed by atoms with Crippen molar-refractivity contribution in [2.24, 2.45) is 11.8 Å². The Morgan fingerprint density at radius 2 is 2.06 bits per heavy atom. The molecule has 2 aliphatic rings. The highest BCUT2D eigenvalue weighted by atomic mass is 16.5. The van der Waals surface area contributed by atoms with Crippen molar-refractivity contribution in [1.82, 2.24) is 0 Å². The molecule has 106 valence electrons. The van der Waals surface area contributed by atoms with Gasteiger partial charge in [0, 0.05) is 20.3 Å². The second-order valence-electron chi connectivity index (χ2n) is 6.28. The molecule has 0 bridgehead atoms. The predicted molar refractivity (Wildman–Crippen MR) is 71.5 cm³/mol. The second-order valence-corrected chi connectivity index (χ2v) is 6.28. The predicted octanol–water partition coefficient (Wildman–Crippen LogP) is 2.76. The van der Waals surface area contributed by atoms with E-state index in [1.54, 1.807) is 7.11 Å². The van der Waals surface area contributed by atoms with E-state index in [1.807, 2.05) is 0 Å². The third-order valence-electron chi connectivity index (χ3n) is 4.90. The minimum atomic E-state index is -0.312. The van der Waals surface area contributed by atoms with Crippen LogP contribution < -0.4 is 0 Å². The quantitative estimate of drug-likeness (QED) is 0.840. The zero-order chi connectivity index (χ0) is 13.0. The van der Waals surface area contributed by atoms with Crippen LogP contribution in [0.3, 0.4) is 0 Å². The lowest BCUT2D eigenvalue weighted by Gasteiger charge is -2.43. The molecule has 18 heavy (non-hydrogen) atoms. The maximum Gasteiger partial charge on any atom is 0.0939 e. The van der Waals surface area contributed by atoms with E-state index in [9.17, 15) is 5.11 Å². The summed E-state index contributed by atoms with van der Waals surface area (Å²) in [4.78, 5) is 0. The van der Waals surface area contributed by atoms with Crippen LogP contribution in [0.1, 0.15) is 51.9 Å². The van der Waals surface area contributed by atoms with Crippen molar-refractivity contribution in [2.45, 2.75) is 63.6 Å². The molecule has 0 amide bonds. The van der Waals surface area contributed by atoms with Crippen molar-refractivity contribution < 1.29 is 14.6 Å². The molecular formula is C15H28O3. The summed E-state index contributed by atoms with van der Waals surface area (Å²) in [5.74, 6) is 1.28. The highest BCUT2D eigenvalue weighted by Crippen LogP contribution is 2.39. The Hall–Kier alpha value is -0.120. The molecule has 0 aromatic heterocycles. The van der Waals surface area contributed by atoms with Gasteiger partial charge in [-0.1, -0.05) is 19.8 Å². The van der Waals surface area contributed by atoms with Gasteiger partial charge in [-0.15, -0.1) is 0 Å². The van der Waals surface area contributed by atoms with Crippen LogP contribution in [0.5, 0.6) is 0 Å². The standard InChI is InChI=1S/C15H28O3/c1-12-4-3-7-15(11-12,17-2)14(16)10-13-5-8-18-9-6-13/h12-14,16H,3-11H2,1-2H3. The molecule has 1 saturated carbocycles. The molecule has 3 unspecified atom stereocenters. The van der Waals surface area contributed by atoms with Gasteiger partial charge in [0.05, 0.1) is 11.7 Å². The van der Waals surface area contributed by atoms with Gasteiger partial charge in [-0.3, -0.25) is 0 Å². The third-order valence-corrected chi connectivity index (χ3v) is 4.90. The van der Waals surface area contributed by atoms with Crippen molar-refractivity contribution in [3.05, 3.63) is 0 Å². The number of hydrogen-bond donors (Lipinski definition) is 1. The molecule has 0 radical (unpaired) electrons. The monoisotopic (exact) mass is 256 g/mol. The van der Waals surface area contributed by atoms with E-state index < -0.39 is 0 Å². The first-order valence-electron chi connectivity index (χ1n) is 7.47. The van der Waals surface area contributed by atoms with E-state index in [-0.39, 0.29) is 11.7 Å². The van der Waals surface area contributed by atoms with Crippen molar-refractivity contribution in [2.75, 3.05) is 20.3 Å². The fourth-order valence-electron chi connectivity index (χ4n) is 3.68. The highest BCUT2D eigenvalue weighted by molar-refractivity contribution is 4.93. The zero-order valence-corrected chi connectivity index (χ0v) is 11.9. The van der Waals surface area contributed by atoms with Crippen LogP contribution in [-0.4, -0.2) is 37.1 Å². The number of aliphatic hydroxyl groups is 1. The van der Waals surface area contributed by atoms with Gasteiger partial charge in [-0.25, -0.2) is 0 Å². The molecule has 3 atom stereocenters. The first kappa shape index (κ1) is 14.3. The summed E-state index contributed by atoms with van der Waals surface area (Å²) >= 11 is 0. The maximum absolute atomic E-state index is 10.6. The summed E-state index contributed by atoms with van der Waals surface area (Å²) in [6.07, 6.45) is 7.22. The van der Waals surface area contributed by atoms with E-state index >= 15 is 0 Å². The molecule has 3 nitrogen and oxygen atoms in total. The number of rotatable bonds is 4. The molecule has 0 spiro atoms. The molecular weight excluding hydrogens is 228 g/mol. The second kappa shape index (κ2) is 6.36. The molecule has 1 heterocycles. The lowest BCUT2D eigenvalue weighted by Crippen LogP contribution is -2.48. The normalized spacial score (nSPS) is 36.5. The van der Waals surface area contributed by atoms with Gasteiger partial charge in [-0.05, 0) is 43.9 Å². The van der Waals surface area contributed by atoms with Crippen LogP contribution in [0.25, 0.3) is 0 Å². The van der Waals surface area contributed by atoms with Gasteiger partial charge in [0.15, 0.2) is 0 Å². The molecule has 2 fully saturated rings. The fraction of sp³-hybridized carbons (Fsp3) is 1.00. The van der Waals surface area contributed by atoms with E-state index in [2.05, 4.69) is 6.92 Å². The Bertz CT molecular complexity index is 250. The van der Waals surface area contributed by atoms with Crippen molar-refractivity contribution >= 4 is 0 Å². The summed E-state index contributed by atoms with van der Waals surface area (Å²) in [6, 6.07) is 0. The summed E-state index contributed by atoms with van der Waals surface area (Å²) in [6.45, 7) is 3.98. The Labute approximate surface area is 111 Å². The minimum Gasteiger partial charge on any atom is -0.390 e. The summed E-state index contributed by atoms with van der Waals surface area (Å²) < 4.78 is 11.2. The third kappa shape index (κ3) is 3.25. The molecule has 1 aliphatic heterocycles. The van der Waals surface area contributed by atoms with Crippen LogP contribution in [0.15, 0.2) is 0 Å². The number of methoxy groups -OCH3 is 1. The summed E-state index contributed by atoms with van der Waals surface area (Å²) in [5.41, 5.74) is -0.282. The first-order valence-corrected chi connectivity index (χ1v) is 7.47. The highest BCUT2D eigenvalue weighted by Gasteiger charge is 2.42. The van der Waals surface area contributed by atoms with E-state index in [0.29, 0.717) is 11.8 Å². The Kier molecular flexibility index (Phi) is 5.05. The van der Waals surface area contributed by atoms with Crippen LogP contribution in [-0.2, 0) is 9.47 Å². The minimum absolute atomic E-state index is 0.282. The zero-order valence-electron chi connectivity index (χ0n) is 11.9. The Morgan fingerprint density at radius 1 is 1.33 bits per heavy atom. The molecule has 0 aromatic carbocycles. The average molecular weight is 256 g/mol. The van der Waals surface area contributed by atoms with Crippen LogP contribution >= 0.6 is 0 Å². The van der Waals surface area contributed by atoms with Gasteiger partial charge in [-0.2, -0.15) is 0 Å². The molecule has 1 saturated heterocycles. The van der Waals surface area contributed by atoms with E-state index in [4.69, 9.17) is 9.47 Å². The Morgan fingerprint density at radius 3 is 2.67 bits per heavy atom. The fourth-order valence-corrected chi connectivity index (χ4v) is 3.68. The first-order chi connectivity index (χ1) is 8.66. The van der Waals surface area contributed by atoms with Gasteiger partial charge < -0.3 is 14.6 Å². The number of hydrogen-bond acceptors (Lipinski definition) is 3. The van der Waals surface area contributed by atoms with Gasteiger partial charge >= 0.3 is 0 Å². The lowest BCUT2D eigenvalue weighted by atomic mass is 9.73. The maximum atomic E-state index is 10.6. The number of aliphatic hydroxyl groups excluding tert-OH is 1. The van der Waals surface area contributed by atoms with Crippen LogP contribution in [0.2, 0.25) is 0 Å². The molecule has 1 aliphatic carbocycles. The van der Waals surface area contributed by atoms with Gasteiger partial charge in [0.1, 0.15) is 0 Å². The van der Waals surface area contributed by atoms with Gasteiger partial charge in [0.2, 0.25) is 0 Å². The van der Waals surface area contributed by atoms with E-state index in [0.717, 1.165) is 45.3 Å². The largest absolute Gasteiger partial charge is 0.390 e. The molecule has 2 rings (SSSR count). The van der Waals surface area contributed by atoms with E-state index in [1.165, 1.54) is 12.8 Å². The van der Waals surface area contributed by atoms with Crippen LogP contribution in [0.4, 0.5) is 0 Å². The van der Waals surface area contributed by atoms with Gasteiger partial charge in [0.25, 0.3) is 0 Å². The number of ether oxygens (including phenoxy) is 2. The summed E-state index contributed by atoms with van der Waals surface area (Å²) in [7, 11) is 1.77. The average Bonchev–Trinajstić information content (AvgIpc) is 2.39. The van der Waals surface area contributed by atoms with Crippen molar-refractivity contribution in [1.29, 1.82) is 0 Å². The van der Waals surface area contributed by atoms with Crippen molar-refractivity contribution in [3.8, 4) is 0 Å². The van der Waals surface area contributed by atoms with Crippen LogP contribution in [0, 0.1) is 11.8 Å². The smallest absolute Gasteiger partial charge is 0.0939 e. The lowest BCUT2D eigenvalue weighted by molar-refractivity contribution is -0.140. The van der Waals surface area contributed by atoms with Crippen molar-refractivity contribution in [3.63, 3.8) is 0 Å². The Balaban J connectivity index is 1.93. The molecule has 1 N–H and O–H groups in total.